The molecule has 1 atom stereocenters. The average Bonchev–Trinajstić information content (AvgIpc) is 2.70. The van der Waals surface area contributed by atoms with Crippen LogP contribution in [0.25, 0.3) is 0 Å². The average molecular weight is 233 g/mol. The van der Waals surface area contributed by atoms with E-state index < -0.39 is 6.10 Å². The van der Waals surface area contributed by atoms with Gasteiger partial charge in [-0.2, -0.15) is 11.3 Å². The van der Waals surface area contributed by atoms with Gasteiger partial charge in [0.1, 0.15) is 0 Å². The third kappa shape index (κ3) is 2.49. The summed E-state index contributed by atoms with van der Waals surface area (Å²) in [5, 5.41) is 14.2. The SMILES string of the molecule is Cc1ccc(C(O)Cc2ccsc2)c(C)n1. The van der Waals surface area contributed by atoms with Gasteiger partial charge in [-0.3, -0.25) is 4.98 Å². The Bertz CT molecular complexity index is 465. The molecule has 2 aromatic heterocycles. The lowest BCUT2D eigenvalue weighted by atomic mass is 10.0. The van der Waals surface area contributed by atoms with E-state index in [-0.39, 0.29) is 0 Å². The summed E-state index contributed by atoms with van der Waals surface area (Å²) in [4.78, 5) is 4.37. The summed E-state index contributed by atoms with van der Waals surface area (Å²) in [6.07, 6.45) is 0.206. The van der Waals surface area contributed by atoms with Crippen LogP contribution in [0.5, 0.6) is 0 Å². The Morgan fingerprint density at radius 3 is 2.75 bits per heavy atom. The van der Waals surface area contributed by atoms with Crippen molar-refractivity contribution >= 4 is 11.3 Å². The van der Waals surface area contributed by atoms with Crippen LogP contribution in [0.2, 0.25) is 0 Å². The van der Waals surface area contributed by atoms with Crippen LogP contribution in [0.4, 0.5) is 0 Å². The van der Waals surface area contributed by atoms with Gasteiger partial charge < -0.3 is 5.11 Å². The monoisotopic (exact) mass is 233 g/mol. The Hall–Kier alpha value is -1.19. The molecule has 0 amide bonds. The van der Waals surface area contributed by atoms with E-state index in [2.05, 4.69) is 10.4 Å². The van der Waals surface area contributed by atoms with Crippen molar-refractivity contribution in [1.29, 1.82) is 0 Å². The van der Waals surface area contributed by atoms with Crippen LogP contribution in [0, 0.1) is 13.8 Å². The normalized spacial score (nSPS) is 12.7. The Morgan fingerprint density at radius 2 is 2.12 bits per heavy atom. The highest BCUT2D eigenvalue weighted by molar-refractivity contribution is 7.07. The molecule has 2 rings (SSSR count). The number of aryl methyl sites for hydroxylation is 2. The van der Waals surface area contributed by atoms with Crippen molar-refractivity contribution in [3.63, 3.8) is 0 Å². The lowest BCUT2D eigenvalue weighted by molar-refractivity contribution is 0.177. The predicted octanol–water partition coefficient (Wildman–Crippen LogP) is 3.04. The molecule has 0 fully saturated rings. The van der Waals surface area contributed by atoms with Crippen LogP contribution < -0.4 is 0 Å². The zero-order valence-electron chi connectivity index (χ0n) is 9.47. The molecule has 2 heterocycles. The van der Waals surface area contributed by atoms with E-state index >= 15 is 0 Å². The number of thiophene rings is 1. The van der Waals surface area contributed by atoms with Crippen LogP contribution in [0.3, 0.4) is 0 Å². The maximum absolute atomic E-state index is 10.1. The third-order valence-corrected chi connectivity index (χ3v) is 3.37. The summed E-state index contributed by atoms with van der Waals surface area (Å²) < 4.78 is 0. The number of hydrogen-bond acceptors (Lipinski definition) is 3. The molecule has 0 aromatic carbocycles. The molecule has 0 spiro atoms. The molecule has 0 radical (unpaired) electrons. The van der Waals surface area contributed by atoms with Crippen LogP contribution in [-0.4, -0.2) is 10.1 Å². The first-order chi connectivity index (χ1) is 7.66. The lowest BCUT2D eigenvalue weighted by Gasteiger charge is -2.12. The second kappa shape index (κ2) is 4.76. The standard InChI is InChI=1S/C13H15NOS/c1-9-3-4-12(10(2)14-9)13(15)7-11-5-6-16-8-11/h3-6,8,13,15H,7H2,1-2H3. The van der Waals surface area contributed by atoms with Crippen molar-refractivity contribution in [3.05, 3.63) is 51.5 Å². The third-order valence-electron chi connectivity index (χ3n) is 2.63. The molecular weight excluding hydrogens is 218 g/mol. The quantitative estimate of drug-likeness (QED) is 0.884. The molecule has 0 saturated carbocycles. The van der Waals surface area contributed by atoms with Gasteiger partial charge in [0.05, 0.1) is 6.10 Å². The summed E-state index contributed by atoms with van der Waals surface area (Å²) >= 11 is 1.66. The van der Waals surface area contributed by atoms with Gasteiger partial charge in [-0.05, 0) is 42.3 Å². The molecule has 0 aliphatic heterocycles. The Kier molecular flexibility index (Phi) is 3.36. The Morgan fingerprint density at radius 1 is 1.31 bits per heavy atom. The highest BCUT2D eigenvalue weighted by Gasteiger charge is 2.12. The molecule has 0 aliphatic rings. The van der Waals surface area contributed by atoms with Gasteiger partial charge in [-0.15, -0.1) is 0 Å². The molecule has 1 unspecified atom stereocenters. The fourth-order valence-electron chi connectivity index (χ4n) is 1.79. The second-order valence-corrected chi connectivity index (χ2v) is 4.76. The highest BCUT2D eigenvalue weighted by Crippen LogP contribution is 2.21. The van der Waals surface area contributed by atoms with Crippen molar-refractivity contribution < 1.29 is 5.11 Å². The number of rotatable bonds is 3. The van der Waals surface area contributed by atoms with Gasteiger partial charge in [0.15, 0.2) is 0 Å². The summed E-state index contributed by atoms with van der Waals surface area (Å²) in [6.45, 7) is 3.90. The van der Waals surface area contributed by atoms with Crippen molar-refractivity contribution in [1.82, 2.24) is 4.98 Å². The minimum absolute atomic E-state index is 0.456. The van der Waals surface area contributed by atoms with Crippen molar-refractivity contribution in [2.45, 2.75) is 26.4 Å². The van der Waals surface area contributed by atoms with Crippen LogP contribution in [-0.2, 0) is 6.42 Å². The van der Waals surface area contributed by atoms with Crippen LogP contribution in [0.1, 0.15) is 28.6 Å². The Balaban J connectivity index is 2.17. The number of aliphatic hydroxyl groups is 1. The van der Waals surface area contributed by atoms with E-state index in [0.29, 0.717) is 6.42 Å². The summed E-state index contributed by atoms with van der Waals surface area (Å²) in [7, 11) is 0. The number of nitrogens with zero attached hydrogens (tertiary/aromatic N) is 1. The van der Waals surface area contributed by atoms with E-state index in [0.717, 1.165) is 17.0 Å². The molecule has 3 heteroatoms. The highest BCUT2D eigenvalue weighted by atomic mass is 32.1. The van der Waals surface area contributed by atoms with E-state index in [4.69, 9.17) is 0 Å². The molecule has 0 saturated heterocycles. The predicted molar refractivity (Wildman–Crippen MR) is 66.7 cm³/mol. The molecule has 1 N–H and O–H groups in total. The van der Waals surface area contributed by atoms with Crippen molar-refractivity contribution in [3.8, 4) is 0 Å². The molecule has 0 aliphatic carbocycles. The topological polar surface area (TPSA) is 33.1 Å². The van der Waals surface area contributed by atoms with Crippen LogP contribution >= 0.6 is 11.3 Å². The first-order valence-electron chi connectivity index (χ1n) is 5.30. The molecule has 16 heavy (non-hydrogen) atoms. The Labute approximate surface area is 99.6 Å². The maximum atomic E-state index is 10.1. The maximum Gasteiger partial charge on any atom is 0.0848 e. The number of pyridine rings is 1. The zero-order chi connectivity index (χ0) is 11.5. The molecule has 84 valence electrons. The summed E-state index contributed by atoms with van der Waals surface area (Å²) in [5.74, 6) is 0. The largest absolute Gasteiger partial charge is 0.388 e. The molecular formula is C13H15NOS. The minimum Gasteiger partial charge on any atom is -0.388 e. The van der Waals surface area contributed by atoms with Crippen molar-refractivity contribution in [2.24, 2.45) is 0 Å². The smallest absolute Gasteiger partial charge is 0.0848 e. The van der Waals surface area contributed by atoms with E-state index in [9.17, 15) is 5.11 Å². The van der Waals surface area contributed by atoms with Gasteiger partial charge in [0, 0.05) is 23.4 Å². The number of aliphatic hydroxyl groups excluding tert-OH is 1. The van der Waals surface area contributed by atoms with Gasteiger partial charge in [0.2, 0.25) is 0 Å². The minimum atomic E-state index is -0.456. The number of aromatic nitrogens is 1. The molecule has 2 nitrogen and oxygen atoms in total. The van der Waals surface area contributed by atoms with Gasteiger partial charge >= 0.3 is 0 Å². The van der Waals surface area contributed by atoms with Crippen LogP contribution in [0.15, 0.2) is 29.0 Å². The van der Waals surface area contributed by atoms with Crippen molar-refractivity contribution in [2.75, 3.05) is 0 Å². The lowest BCUT2D eigenvalue weighted by Crippen LogP contribution is -2.05. The van der Waals surface area contributed by atoms with Gasteiger partial charge in [-0.1, -0.05) is 6.07 Å². The van der Waals surface area contributed by atoms with E-state index in [1.165, 1.54) is 5.56 Å². The fourth-order valence-corrected chi connectivity index (χ4v) is 2.47. The second-order valence-electron chi connectivity index (χ2n) is 3.98. The summed E-state index contributed by atoms with van der Waals surface area (Å²) in [5.41, 5.74) is 4.01. The molecule has 0 bridgehead atoms. The number of hydrogen-bond donors (Lipinski definition) is 1. The fraction of sp³-hybridized carbons (Fsp3) is 0.308. The van der Waals surface area contributed by atoms with Gasteiger partial charge in [-0.25, -0.2) is 0 Å². The summed E-state index contributed by atoms with van der Waals surface area (Å²) in [6, 6.07) is 5.96. The first-order valence-corrected chi connectivity index (χ1v) is 6.24. The first kappa shape index (κ1) is 11.3. The van der Waals surface area contributed by atoms with E-state index in [1.54, 1.807) is 11.3 Å². The van der Waals surface area contributed by atoms with E-state index in [1.807, 2.05) is 37.4 Å². The zero-order valence-corrected chi connectivity index (χ0v) is 10.3. The van der Waals surface area contributed by atoms with Gasteiger partial charge in [0.25, 0.3) is 0 Å². The molecule has 2 aromatic rings.